The summed E-state index contributed by atoms with van der Waals surface area (Å²) in [5.41, 5.74) is 2.26. The third kappa shape index (κ3) is 2.57. The summed E-state index contributed by atoms with van der Waals surface area (Å²) in [5.74, 6) is -1.02. The third-order valence-corrected chi connectivity index (χ3v) is 3.20. The van der Waals surface area contributed by atoms with Crippen LogP contribution in [0.25, 0.3) is 0 Å². The van der Waals surface area contributed by atoms with Crippen LogP contribution in [0, 0.1) is 6.92 Å². The van der Waals surface area contributed by atoms with Crippen LogP contribution in [0.5, 0.6) is 0 Å². The summed E-state index contributed by atoms with van der Waals surface area (Å²) < 4.78 is 0. The number of rotatable bonds is 6. The Labute approximate surface area is 97.7 Å². The molecule has 1 heterocycles. The summed E-state index contributed by atoms with van der Waals surface area (Å²) in [6.07, 6.45) is 1.31. The molecular formula is C10H14N2O3S. The Hall–Kier alpha value is -1.43. The normalized spacial score (nSPS) is 12.1. The maximum absolute atomic E-state index is 11.2. The molecule has 1 amide bonds. The van der Waals surface area contributed by atoms with Crippen LogP contribution in [0.1, 0.15) is 30.0 Å². The van der Waals surface area contributed by atoms with Gasteiger partial charge in [-0.1, -0.05) is 6.92 Å². The number of aliphatic carboxylic acids is 1. The Balaban J connectivity index is 3.03. The first-order chi connectivity index (χ1) is 7.61. The van der Waals surface area contributed by atoms with Crippen molar-refractivity contribution >= 4 is 23.7 Å². The zero-order valence-corrected chi connectivity index (χ0v) is 10.0. The molecule has 0 saturated heterocycles. The molecule has 0 radical (unpaired) electrons. The van der Waals surface area contributed by atoms with Crippen molar-refractivity contribution in [3.8, 4) is 0 Å². The first kappa shape index (κ1) is 12.6. The van der Waals surface area contributed by atoms with Crippen molar-refractivity contribution in [1.82, 2.24) is 9.88 Å². The van der Waals surface area contributed by atoms with Gasteiger partial charge < -0.3 is 10.0 Å². The third-order valence-electron chi connectivity index (χ3n) is 2.21. The van der Waals surface area contributed by atoms with E-state index in [9.17, 15) is 14.7 Å². The van der Waals surface area contributed by atoms with Crippen LogP contribution in [-0.2, 0) is 9.59 Å². The molecule has 0 saturated carbocycles. The molecule has 0 aliphatic rings. The Morgan fingerprint density at radius 3 is 2.81 bits per heavy atom. The minimum absolute atomic E-state index is 0.428. The van der Waals surface area contributed by atoms with Crippen molar-refractivity contribution in [2.24, 2.45) is 0 Å². The molecule has 16 heavy (non-hydrogen) atoms. The molecular weight excluding hydrogens is 228 g/mol. The van der Waals surface area contributed by atoms with Crippen molar-refractivity contribution in [3.63, 3.8) is 0 Å². The van der Waals surface area contributed by atoms with E-state index in [2.05, 4.69) is 4.98 Å². The lowest BCUT2D eigenvalue weighted by Gasteiger charge is -2.23. The van der Waals surface area contributed by atoms with Gasteiger partial charge in [-0.25, -0.2) is 9.78 Å². The van der Waals surface area contributed by atoms with Crippen molar-refractivity contribution in [3.05, 3.63) is 16.1 Å². The Morgan fingerprint density at radius 2 is 2.44 bits per heavy atom. The minimum atomic E-state index is -1.02. The fourth-order valence-corrected chi connectivity index (χ4v) is 2.39. The van der Waals surface area contributed by atoms with Crippen LogP contribution in [-0.4, -0.2) is 33.9 Å². The maximum Gasteiger partial charge on any atom is 0.332 e. The first-order valence-corrected chi connectivity index (χ1v) is 5.83. The van der Waals surface area contributed by atoms with Gasteiger partial charge in [0.05, 0.1) is 16.1 Å². The number of aryl methyl sites for hydroxylation is 1. The van der Waals surface area contributed by atoms with E-state index in [0.717, 1.165) is 6.42 Å². The average molecular weight is 242 g/mol. The molecule has 6 heteroatoms. The smallest absolute Gasteiger partial charge is 0.332 e. The summed E-state index contributed by atoms with van der Waals surface area (Å²) in [6.45, 7) is 4.07. The number of aromatic nitrogens is 1. The van der Waals surface area contributed by atoms with Gasteiger partial charge in [0.25, 0.3) is 0 Å². The molecule has 1 unspecified atom stereocenters. The zero-order valence-electron chi connectivity index (χ0n) is 9.21. The highest BCUT2D eigenvalue weighted by molar-refractivity contribution is 7.10. The molecule has 1 N–H and O–H groups in total. The predicted molar refractivity (Wildman–Crippen MR) is 60.3 cm³/mol. The van der Waals surface area contributed by atoms with Crippen molar-refractivity contribution in [1.29, 1.82) is 0 Å². The summed E-state index contributed by atoms with van der Waals surface area (Å²) in [7, 11) is 0. The molecule has 5 nitrogen and oxygen atoms in total. The molecule has 0 fully saturated rings. The lowest BCUT2D eigenvalue weighted by molar-refractivity contribution is -0.146. The predicted octanol–water partition coefficient (Wildman–Crippen LogP) is 1.45. The highest BCUT2D eigenvalue weighted by Crippen LogP contribution is 2.26. The Morgan fingerprint density at radius 1 is 1.75 bits per heavy atom. The molecule has 0 bridgehead atoms. The molecule has 0 aliphatic carbocycles. The second-order valence-corrected chi connectivity index (χ2v) is 4.27. The highest BCUT2D eigenvalue weighted by Gasteiger charge is 2.28. The van der Waals surface area contributed by atoms with E-state index in [4.69, 9.17) is 0 Å². The Bertz CT molecular complexity index is 378. The largest absolute Gasteiger partial charge is 0.479 e. The number of amides is 1. The molecule has 1 aromatic heterocycles. The van der Waals surface area contributed by atoms with Gasteiger partial charge in [-0.2, -0.15) is 0 Å². The molecule has 0 aliphatic heterocycles. The number of nitrogens with zero attached hydrogens (tertiary/aromatic N) is 2. The van der Waals surface area contributed by atoms with E-state index in [1.165, 1.54) is 16.2 Å². The van der Waals surface area contributed by atoms with Crippen LogP contribution < -0.4 is 0 Å². The number of hydrogen-bond donors (Lipinski definition) is 1. The van der Waals surface area contributed by atoms with Crippen LogP contribution in [0.2, 0.25) is 0 Å². The lowest BCUT2D eigenvalue weighted by Crippen LogP contribution is -2.33. The molecule has 1 atom stereocenters. The topological polar surface area (TPSA) is 70.5 Å². The van der Waals surface area contributed by atoms with Gasteiger partial charge in [-0.15, -0.1) is 11.3 Å². The van der Waals surface area contributed by atoms with Gasteiger partial charge in [0.2, 0.25) is 6.41 Å². The van der Waals surface area contributed by atoms with Crippen molar-refractivity contribution < 1.29 is 14.7 Å². The van der Waals surface area contributed by atoms with Crippen LogP contribution in [0.4, 0.5) is 0 Å². The van der Waals surface area contributed by atoms with Gasteiger partial charge in [0, 0.05) is 6.54 Å². The van der Waals surface area contributed by atoms with Crippen molar-refractivity contribution in [2.75, 3.05) is 6.54 Å². The number of carbonyl (C=O) groups excluding carboxylic acids is 1. The highest BCUT2D eigenvalue weighted by atomic mass is 32.1. The summed E-state index contributed by atoms with van der Waals surface area (Å²) in [4.78, 5) is 28.0. The monoisotopic (exact) mass is 242 g/mol. The standard InChI is InChI=1S/C10H14N2O3S/c1-3-4-12(6-13)8(10(14)15)9-7(2)11-5-16-9/h5-6,8H,3-4H2,1-2H3,(H,14,15). The SMILES string of the molecule is CCCN(C=O)C(C(=O)O)c1scnc1C. The maximum atomic E-state index is 11.2. The van der Waals surface area contributed by atoms with Crippen molar-refractivity contribution in [2.45, 2.75) is 26.3 Å². The quantitative estimate of drug-likeness (QED) is 0.766. The second kappa shape index (κ2) is 5.60. The van der Waals surface area contributed by atoms with Gasteiger partial charge in [0.1, 0.15) is 0 Å². The van der Waals surface area contributed by atoms with Crippen LogP contribution in [0.15, 0.2) is 5.51 Å². The van der Waals surface area contributed by atoms with E-state index in [1.54, 1.807) is 12.4 Å². The summed E-state index contributed by atoms with van der Waals surface area (Å²) >= 11 is 1.26. The number of thiazole rings is 1. The van der Waals surface area contributed by atoms with E-state index in [-0.39, 0.29) is 0 Å². The minimum Gasteiger partial charge on any atom is -0.479 e. The first-order valence-electron chi connectivity index (χ1n) is 4.95. The fourth-order valence-electron chi connectivity index (χ4n) is 1.48. The fraction of sp³-hybridized carbons (Fsp3) is 0.500. The van der Waals surface area contributed by atoms with E-state index < -0.39 is 12.0 Å². The number of carboxylic acids is 1. The van der Waals surface area contributed by atoms with Crippen LogP contribution in [0.3, 0.4) is 0 Å². The number of carboxylic acid groups (broad SMARTS) is 1. The molecule has 0 aromatic carbocycles. The Kier molecular flexibility index (Phi) is 4.42. The van der Waals surface area contributed by atoms with E-state index in [0.29, 0.717) is 23.5 Å². The van der Waals surface area contributed by atoms with Gasteiger partial charge >= 0.3 is 5.97 Å². The van der Waals surface area contributed by atoms with Gasteiger partial charge in [-0.05, 0) is 13.3 Å². The van der Waals surface area contributed by atoms with Gasteiger partial charge in [0.15, 0.2) is 6.04 Å². The molecule has 1 rings (SSSR count). The summed E-state index contributed by atoms with van der Waals surface area (Å²) in [6, 6.07) is -0.912. The van der Waals surface area contributed by atoms with Crippen LogP contribution >= 0.6 is 11.3 Å². The lowest BCUT2D eigenvalue weighted by atomic mass is 10.2. The van der Waals surface area contributed by atoms with E-state index in [1.807, 2.05) is 6.92 Å². The zero-order chi connectivity index (χ0) is 12.1. The van der Waals surface area contributed by atoms with E-state index >= 15 is 0 Å². The average Bonchev–Trinajstić information content (AvgIpc) is 2.63. The second-order valence-electron chi connectivity index (χ2n) is 3.39. The number of carbonyl (C=O) groups is 2. The number of hydrogen-bond acceptors (Lipinski definition) is 4. The summed E-state index contributed by atoms with van der Waals surface area (Å²) in [5, 5.41) is 9.18. The van der Waals surface area contributed by atoms with Gasteiger partial charge in [-0.3, -0.25) is 4.79 Å². The molecule has 1 aromatic rings. The molecule has 88 valence electrons. The molecule has 0 spiro atoms.